The van der Waals surface area contributed by atoms with Gasteiger partial charge in [-0.05, 0) is 34.9 Å². The standard InChI is InChI=1S/C24H21NO3/c1-16-19-11-5-6-13-21(19)25-22(15-27-2)23(16)24(26)28-14-18-10-7-9-17-8-3-4-12-20(17)18/h3-13H,14-15H2,1-2H3. The number of aromatic nitrogens is 1. The summed E-state index contributed by atoms with van der Waals surface area (Å²) in [5.41, 5.74) is 3.77. The van der Waals surface area contributed by atoms with E-state index in [1.807, 2.05) is 61.5 Å². The van der Waals surface area contributed by atoms with Gasteiger partial charge in [-0.25, -0.2) is 9.78 Å². The number of carbonyl (C=O) groups excluding carboxylic acids is 1. The Balaban J connectivity index is 1.68. The Hall–Kier alpha value is -3.24. The van der Waals surface area contributed by atoms with Crippen molar-refractivity contribution in [2.24, 2.45) is 0 Å². The van der Waals surface area contributed by atoms with E-state index in [0.717, 1.165) is 32.8 Å². The molecule has 0 atom stereocenters. The molecule has 4 rings (SSSR count). The number of fused-ring (bicyclic) bond motifs is 2. The van der Waals surface area contributed by atoms with E-state index in [1.54, 1.807) is 7.11 Å². The number of pyridine rings is 1. The lowest BCUT2D eigenvalue weighted by Gasteiger charge is -2.14. The second-order valence-corrected chi connectivity index (χ2v) is 6.72. The summed E-state index contributed by atoms with van der Waals surface area (Å²) in [7, 11) is 1.59. The van der Waals surface area contributed by atoms with E-state index in [4.69, 9.17) is 9.47 Å². The maximum atomic E-state index is 13.0. The lowest BCUT2D eigenvalue weighted by Crippen LogP contribution is -2.13. The topological polar surface area (TPSA) is 48.4 Å². The lowest BCUT2D eigenvalue weighted by atomic mass is 10.0. The Bertz CT molecular complexity index is 1160. The molecule has 0 saturated heterocycles. The number of hydrogen-bond acceptors (Lipinski definition) is 4. The SMILES string of the molecule is COCc1nc2ccccc2c(C)c1C(=O)OCc1cccc2ccccc12. The van der Waals surface area contributed by atoms with Crippen molar-refractivity contribution in [1.82, 2.24) is 4.98 Å². The first kappa shape index (κ1) is 18.1. The summed E-state index contributed by atoms with van der Waals surface area (Å²) in [5, 5.41) is 3.16. The van der Waals surface area contributed by atoms with Gasteiger partial charge in [0.1, 0.15) is 6.61 Å². The zero-order valence-corrected chi connectivity index (χ0v) is 15.9. The van der Waals surface area contributed by atoms with Crippen LogP contribution in [0.1, 0.15) is 27.2 Å². The first-order valence-electron chi connectivity index (χ1n) is 9.20. The fourth-order valence-corrected chi connectivity index (χ4v) is 3.59. The summed E-state index contributed by atoms with van der Waals surface area (Å²) in [4.78, 5) is 17.6. The van der Waals surface area contributed by atoms with Gasteiger partial charge in [0.25, 0.3) is 0 Å². The van der Waals surface area contributed by atoms with E-state index < -0.39 is 0 Å². The smallest absolute Gasteiger partial charge is 0.340 e. The predicted octanol–water partition coefficient (Wildman–Crippen LogP) is 5.20. The van der Waals surface area contributed by atoms with Crippen molar-refractivity contribution >= 4 is 27.6 Å². The van der Waals surface area contributed by atoms with E-state index in [-0.39, 0.29) is 19.2 Å². The molecule has 0 aliphatic rings. The Morgan fingerprint density at radius 2 is 1.61 bits per heavy atom. The molecule has 4 aromatic rings. The molecule has 0 unspecified atom stereocenters. The van der Waals surface area contributed by atoms with Crippen LogP contribution in [0.25, 0.3) is 21.7 Å². The van der Waals surface area contributed by atoms with E-state index in [9.17, 15) is 4.79 Å². The summed E-state index contributed by atoms with van der Waals surface area (Å²) in [6, 6.07) is 21.9. The van der Waals surface area contributed by atoms with Crippen LogP contribution in [0.15, 0.2) is 66.7 Å². The van der Waals surface area contributed by atoms with Crippen molar-refractivity contribution in [2.45, 2.75) is 20.1 Å². The molecule has 0 spiro atoms. The van der Waals surface area contributed by atoms with Gasteiger partial charge in [0.15, 0.2) is 0 Å². The van der Waals surface area contributed by atoms with E-state index in [1.165, 1.54) is 0 Å². The van der Waals surface area contributed by atoms with Crippen LogP contribution in [0.3, 0.4) is 0 Å². The van der Waals surface area contributed by atoms with Crippen LogP contribution in [-0.2, 0) is 22.7 Å². The molecular formula is C24H21NO3. The Morgan fingerprint density at radius 3 is 2.43 bits per heavy atom. The van der Waals surface area contributed by atoms with E-state index in [0.29, 0.717) is 11.3 Å². The summed E-state index contributed by atoms with van der Waals surface area (Å²) < 4.78 is 11.0. The van der Waals surface area contributed by atoms with Gasteiger partial charge in [-0.3, -0.25) is 0 Å². The van der Waals surface area contributed by atoms with Crippen LogP contribution < -0.4 is 0 Å². The Morgan fingerprint density at radius 1 is 0.893 bits per heavy atom. The maximum absolute atomic E-state index is 13.0. The number of aryl methyl sites for hydroxylation is 1. The van der Waals surface area contributed by atoms with Crippen LogP contribution >= 0.6 is 0 Å². The normalized spacial score (nSPS) is 11.1. The zero-order chi connectivity index (χ0) is 19.5. The second kappa shape index (κ2) is 7.79. The van der Waals surface area contributed by atoms with Crippen molar-refractivity contribution in [3.8, 4) is 0 Å². The second-order valence-electron chi connectivity index (χ2n) is 6.72. The third-order valence-corrected chi connectivity index (χ3v) is 4.95. The first-order valence-corrected chi connectivity index (χ1v) is 9.20. The van der Waals surface area contributed by atoms with Crippen molar-refractivity contribution in [2.75, 3.05) is 7.11 Å². The highest BCUT2D eigenvalue weighted by molar-refractivity contribution is 5.98. The molecule has 0 aliphatic heterocycles. The molecule has 0 bridgehead atoms. The zero-order valence-electron chi connectivity index (χ0n) is 15.9. The molecule has 0 saturated carbocycles. The molecule has 3 aromatic carbocycles. The number of hydrogen-bond donors (Lipinski definition) is 0. The largest absolute Gasteiger partial charge is 0.457 e. The van der Waals surface area contributed by atoms with Crippen molar-refractivity contribution in [3.63, 3.8) is 0 Å². The summed E-state index contributed by atoms with van der Waals surface area (Å²) in [5.74, 6) is -0.379. The average Bonchev–Trinajstić information content (AvgIpc) is 2.72. The molecular weight excluding hydrogens is 350 g/mol. The number of methoxy groups -OCH3 is 1. The number of para-hydroxylation sites is 1. The molecule has 0 fully saturated rings. The van der Waals surface area contributed by atoms with Gasteiger partial charge in [0.05, 0.1) is 23.4 Å². The fourth-order valence-electron chi connectivity index (χ4n) is 3.59. The molecule has 4 heteroatoms. The predicted molar refractivity (Wildman–Crippen MR) is 110 cm³/mol. The number of esters is 1. The molecule has 1 heterocycles. The summed E-state index contributed by atoms with van der Waals surface area (Å²) in [6.07, 6.45) is 0. The minimum atomic E-state index is -0.379. The van der Waals surface area contributed by atoms with Gasteiger partial charge >= 0.3 is 5.97 Å². The molecule has 28 heavy (non-hydrogen) atoms. The number of rotatable bonds is 5. The van der Waals surface area contributed by atoms with Crippen LogP contribution in [0, 0.1) is 6.92 Å². The third-order valence-electron chi connectivity index (χ3n) is 4.95. The van der Waals surface area contributed by atoms with E-state index in [2.05, 4.69) is 17.1 Å². The minimum absolute atomic E-state index is 0.207. The van der Waals surface area contributed by atoms with Crippen molar-refractivity contribution in [3.05, 3.63) is 89.1 Å². The van der Waals surface area contributed by atoms with Crippen LogP contribution in [0.2, 0.25) is 0 Å². The Labute approximate surface area is 163 Å². The summed E-state index contributed by atoms with van der Waals surface area (Å²) in [6.45, 7) is 2.39. The highest BCUT2D eigenvalue weighted by Gasteiger charge is 2.20. The molecule has 0 radical (unpaired) electrons. The molecule has 0 amide bonds. The number of benzene rings is 3. The van der Waals surface area contributed by atoms with Gasteiger partial charge in [0, 0.05) is 12.5 Å². The van der Waals surface area contributed by atoms with Crippen LogP contribution in [0.5, 0.6) is 0 Å². The van der Waals surface area contributed by atoms with Gasteiger partial charge in [-0.15, -0.1) is 0 Å². The maximum Gasteiger partial charge on any atom is 0.340 e. The van der Waals surface area contributed by atoms with Gasteiger partial charge in [0.2, 0.25) is 0 Å². The highest BCUT2D eigenvalue weighted by Crippen LogP contribution is 2.25. The van der Waals surface area contributed by atoms with Crippen LogP contribution in [-0.4, -0.2) is 18.1 Å². The minimum Gasteiger partial charge on any atom is -0.457 e. The number of carbonyl (C=O) groups is 1. The molecule has 0 N–H and O–H groups in total. The molecule has 4 nitrogen and oxygen atoms in total. The lowest BCUT2D eigenvalue weighted by molar-refractivity contribution is 0.0468. The van der Waals surface area contributed by atoms with Crippen molar-refractivity contribution in [1.29, 1.82) is 0 Å². The third kappa shape index (κ3) is 3.35. The number of nitrogens with zero attached hydrogens (tertiary/aromatic N) is 1. The monoisotopic (exact) mass is 371 g/mol. The molecule has 1 aromatic heterocycles. The Kier molecular flexibility index (Phi) is 5.04. The summed E-state index contributed by atoms with van der Waals surface area (Å²) >= 11 is 0. The van der Waals surface area contributed by atoms with E-state index >= 15 is 0 Å². The van der Waals surface area contributed by atoms with Crippen molar-refractivity contribution < 1.29 is 14.3 Å². The quantitative estimate of drug-likeness (QED) is 0.453. The highest BCUT2D eigenvalue weighted by atomic mass is 16.5. The molecule has 0 aliphatic carbocycles. The van der Waals surface area contributed by atoms with Crippen LogP contribution in [0.4, 0.5) is 0 Å². The number of ether oxygens (including phenoxy) is 2. The fraction of sp³-hybridized carbons (Fsp3) is 0.167. The van der Waals surface area contributed by atoms with Gasteiger partial charge < -0.3 is 9.47 Å². The van der Waals surface area contributed by atoms with Gasteiger partial charge in [-0.1, -0.05) is 60.7 Å². The average molecular weight is 371 g/mol. The first-order chi connectivity index (χ1) is 13.7. The molecule has 140 valence electrons. The van der Waals surface area contributed by atoms with Gasteiger partial charge in [-0.2, -0.15) is 0 Å².